The fourth-order valence-corrected chi connectivity index (χ4v) is 2.52. The molecule has 1 aromatic heterocycles. The second-order valence-corrected chi connectivity index (χ2v) is 8.04. The van der Waals surface area contributed by atoms with Crippen LogP contribution in [0.3, 0.4) is 0 Å². The minimum atomic E-state index is -3.71. The molecular formula is C15H22N4O3S. The van der Waals surface area contributed by atoms with Crippen LogP contribution in [0.25, 0.3) is 0 Å². The summed E-state index contributed by atoms with van der Waals surface area (Å²) in [4.78, 5) is 4.44. The summed E-state index contributed by atoms with van der Waals surface area (Å²) < 4.78 is 28.0. The zero-order valence-electron chi connectivity index (χ0n) is 13.7. The minimum Gasteiger partial charge on any atom is -0.338 e. The van der Waals surface area contributed by atoms with Crippen molar-refractivity contribution in [2.24, 2.45) is 5.14 Å². The first-order valence-electron chi connectivity index (χ1n) is 7.26. The van der Waals surface area contributed by atoms with E-state index in [9.17, 15) is 8.42 Å². The van der Waals surface area contributed by atoms with Gasteiger partial charge in [0.15, 0.2) is 5.82 Å². The lowest BCUT2D eigenvalue weighted by molar-refractivity contribution is 0.349. The summed E-state index contributed by atoms with van der Waals surface area (Å²) in [5.74, 6) is 1.14. The number of hydrogen-bond donors (Lipinski definition) is 2. The van der Waals surface area contributed by atoms with Crippen LogP contribution in [0.4, 0.5) is 0 Å². The van der Waals surface area contributed by atoms with Gasteiger partial charge in [-0.3, -0.25) is 0 Å². The van der Waals surface area contributed by atoms with E-state index in [1.54, 1.807) is 12.1 Å². The van der Waals surface area contributed by atoms with Gasteiger partial charge >= 0.3 is 0 Å². The van der Waals surface area contributed by atoms with Gasteiger partial charge in [-0.1, -0.05) is 38.1 Å². The number of nitrogens with zero attached hydrogens (tertiary/aromatic N) is 2. The Hall–Kier alpha value is -1.77. The Balaban J connectivity index is 2.05. The molecule has 8 heteroatoms. The normalized spacial score (nSPS) is 14.0. The van der Waals surface area contributed by atoms with Crippen molar-refractivity contribution >= 4 is 10.0 Å². The molecule has 0 spiro atoms. The molecule has 0 aliphatic heterocycles. The summed E-state index contributed by atoms with van der Waals surface area (Å²) in [6.07, 6.45) is 0. The lowest BCUT2D eigenvalue weighted by Crippen LogP contribution is -2.20. The minimum absolute atomic E-state index is 0.0939. The van der Waals surface area contributed by atoms with E-state index in [2.05, 4.69) is 15.5 Å². The van der Waals surface area contributed by atoms with E-state index in [-0.39, 0.29) is 16.4 Å². The predicted octanol–water partition coefficient (Wildman–Crippen LogP) is 1.87. The monoisotopic (exact) mass is 338 g/mol. The second kappa shape index (κ2) is 6.38. The molecule has 23 heavy (non-hydrogen) atoms. The summed E-state index contributed by atoms with van der Waals surface area (Å²) in [6.45, 7) is 8.34. The fourth-order valence-electron chi connectivity index (χ4n) is 1.95. The van der Waals surface area contributed by atoms with Gasteiger partial charge in [0.25, 0.3) is 0 Å². The van der Waals surface area contributed by atoms with Crippen molar-refractivity contribution in [3.8, 4) is 0 Å². The zero-order valence-corrected chi connectivity index (χ0v) is 14.5. The van der Waals surface area contributed by atoms with Gasteiger partial charge in [0.05, 0.1) is 11.4 Å². The quantitative estimate of drug-likeness (QED) is 0.861. The smallest absolute Gasteiger partial charge is 0.240 e. The molecule has 0 aliphatic rings. The molecule has 0 amide bonds. The number of nitrogens with two attached hydrogens (primary N) is 1. The molecule has 126 valence electrons. The van der Waals surface area contributed by atoms with Crippen molar-refractivity contribution < 1.29 is 12.9 Å². The van der Waals surface area contributed by atoms with Crippen molar-refractivity contribution in [3.63, 3.8) is 0 Å². The highest BCUT2D eigenvalue weighted by Crippen LogP contribution is 2.19. The molecule has 0 aliphatic carbocycles. The van der Waals surface area contributed by atoms with Crippen LogP contribution >= 0.6 is 0 Å². The maximum absolute atomic E-state index is 11.4. The SMILES string of the molecule is CC(NCc1nc(C(C)(C)C)no1)c1cccc(S(N)(=O)=O)c1. The molecule has 1 aromatic carbocycles. The van der Waals surface area contributed by atoms with Gasteiger partial charge in [0, 0.05) is 11.5 Å². The molecule has 0 saturated heterocycles. The summed E-state index contributed by atoms with van der Waals surface area (Å²) in [5, 5.41) is 12.3. The second-order valence-electron chi connectivity index (χ2n) is 6.48. The van der Waals surface area contributed by atoms with E-state index in [0.717, 1.165) is 5.56 Å². The van der Waals surface area contributed by atoms with Crippen LogP contribution in [-0.4, -0.2) is 18.6 Å². The fraction of sp³-hybridized carbons (Fsp3) is 0.467. The topological polar surface area (TPSA) is 111 Å². The van der Waals surface area contributed by atoms with Gasteiger partial charge in [-0.05, 0) is 24.6 Å². The Kier molecular flexibility index (Phi) is 4.88. The average molecular weight is 338 g/mol. The van der Waals surface area contributed by atoms with Crippen LogP contribution in [0.1, 0.15) is 51.0 Å². The molecule has 1 unspecified atom stereocenters. The van der Waals surface area contributed by atoms with Crippen LogP contribution in [0.15, 0.2) is 33.7 Å². The van der Waals surface area contributed by atoms with E-state index in [1.165, 1.54) is 6.07 Å². The Morgan fingerprint density at radius 2 is 2.04 bits per heavy atom. The number of primary sulfonamides is 1. The largest absolute Gasteiger partial charge is 0.338 e. The Morgan fingerprint density at radius 3 is 2.61 bits per heavy atom. The highest BCUT2D eigenvalue weighted by atomic mass is 32.2. The van der Waals surface area contributed by atoms with E-state index < -0.39 is 10.0 Å². The van der Waals surface area contributed by atoms with Crippen LogP contribution in [0.5, 0.6) is 0 Å². The van der Waals surface area contributed by atoms with Crippen LogP contribution < -0.4 is 10.5 Å². The van der Waals surface area contributed by atoms with Crippen LogP contribution in [0.2, 0.25) is 0 Å². The lowest BCUT2D eigenvalue weighted by atomic mass is 9.96. The number of hydrogen-bond acceptors (Lipinski definition) is 6. The summed E-state index contributed by atoms with van der Waals surface area (Å²) in [6, 6.07) is 6.43. The van der Waals surface area contributed by atoms with E-state index in [1.807, 2.05) is 33.8 Å². The van der Waals surface area contributed by atoms with Crippen molar-refractivity contribution in [1.82, 2.24) is 15.5 Å². The highest BCUT2D eigenvalue weighted by molar-refractivity contribution is 7.89. The third-order valence-corrected chi connectivity index (χ3v) is 4.30. The molecule has 1 heterocycles. The van der Waals surface area contributed by atoms with E-state index >= 15 is 0 Å². The van der Waals surface area contributed by atoms with Crippen molar-refractivity contribution in [2.45, 2.75) is 50.6 Å². The molecule has 0 bridgehead atoms. The maximum atomic E-state index is 11.4. The first-order chi connectivity index (χ1) is 10.6. The maximum Gasteiger partial charge on any atom is 0.240 e. The molecule has 7 nitrogen and oxygen atoms in total. The van der Waals surface area contributed by atoms with Gasteiger partial charge in [-0.2, -0.15) is 4.98 Å². The van der Waals surface area contributed by atoms with Crippen molar-refractivity contribution in [3.05, 3.63) is 41.5 Å². The van der Waals surface area contributed by atoms with Crippen molar-refractivity contribution in [2.75, 3.05) is 0 Å². The molecular weight excluding hydrogens is 316 g/mol. The van der Waals surface area contributed by atoms with Gasteiger partial charge in [-0.25, -0.2) is 13.6 Å². The molecule has 1 atom stereocenters. The highest BCUT2D eigenvalue weighted by Gasteiger charge is 2.21. The van der Waals surface area contributed by atoms with Gasteiger partial charge in [0.1, 0.15) is 0 Å². The third-order valence-electron chi connectivity index (χ3n) is 3.39. The van der Waals surface area contributed by atoms with Crippen LogP contribution in [0, 0.1) is 0 Å². The number of rotatable bonds is 5. The molecule has 0 radical (unpaired) electrons. The number of benzene rings is 1. The summed E-state index contributed by atoms with van der Waals surface area (Å²) >= 11 is 0. The van der Waals surface area contributed by atoms with E-state index in [0.29, 0.717) is 18.3 Å². The molecule has 0 fully saturated rings. The zero-order chi connectivity index (χ0) is 17.3. The van der Waals surface area contributed by atoms with Crippen molar-refractivity contribution in [1.29, 1.82) is 0 Å². The Bertz CT molecular complexity index is 778. The molecule has 2 rings (SSSR count). The Labute approximate surface area is 136 Å². The average Bonchev–Trinajstić information content (AvgIpc) is 2.93. The molecule has 0 saturated carbocycles. The third kappa shape index (κ3) is 4.60. The molecule has 3 N–H and O–H groups in total. The number of aromatic nitrogens is 2. The Morgan fingerprint density at radius 1 is 1.35 bits per heavy atom. The van der Waals surface area contributed by atoms with E-state index in [4.69, 9.17) is 9.66 Å². The van der Waals surface area contributed by atoms with Crippen LogP contribution in [-0.2, 0) is 22.0 Å². The van der Waals surface area contributed by atoms with Gasteiger partial charge < -0.3 is 9.84 Å². The number of sulfonamides is 1. The first-order valence-corrected chi connectivity index (χ1v) is 8.81. The molecule has 2 aromatic rings. The first kappa shape index (κ1) is 17.6. The standard InChI is InChI=1S/C15H22N4O3S/c1-10(11-6-5-7-12(8-11)23(16,20)21)17-9-13-18-14(19-22-13)15(2,3)4/h5-8,10,17H,9H2,1-4H3,(H2,16,20,21). The summed E-state index contributed by atoms with van der Waals surface area (Å²) in [5.41, 5.74) is 0.643. The lowest BCUT2D eigenvalue weighted by Gasteiger charge is -2.13. The number of nitrogens with one attached hydrogen (secondary N) is 1. The predicted molar refractivity (Wildman–Crippen MR) is 86.1 cm³/mol. The summed E-state index contributed by atoms with van der Waals surface area (Å²) in [7, 11) is -3.71. The van der Waals surface area contributed by atoms with Gasteiger partial charge in [-0.15, -0.1) is 0 Å². The van der Waals surface area contributed by atoms with Gasteiger partial charge in [0.2, 0.25) is 15.9 Å².